The largest absolute Gasteiger partial charge is 0.381 e. The summed E-state index contributed by atoms with van der Waals surface area (Å²) >= 11 is 0. The molecule has 2 aromatic rings. The third-order valence-electron chi connectivity index (χ3n) is 2.91. The zero-order valence-corrected chi connectivity index (χ0v) is 11.3. The summed E-state index contributed by atoms with van der Waals surface area (Å²) in [5, 5.41) is 3.25. The maximum absolute atomic E-state index is 11.1. The van der Waals surface area contributed by atoms with Crippen molar-refractivity contribution in [3.8, 4) is 0 Å². The van der Waals surface area contributed by atoms with Crippen LogP contribution in [0.25, 0.3) is 0 Å². The van der Waals surface area contributed by atoms with Crippen molar-refractivity contribution in [2.24, 2.45) is 5.73 Å². The van der Waals surface area contributed by atoms with Gasteiger partial charge in [0.25, 0.3) is 5.91 Å². The van der Waals surface area contributed by atoms with Gasteiger partial charge in [-0.15, -0.1) is 0 Å². The Hall–Kier alpha value is -2.40. The predicted octanol–water partition coefficient (Wildman–Crippen LogP) is 1.94. The summed E-state index contributed by atoms with van der Waals surface area (Å²) in [5.74, 6) is -0.534. The molecule has 0 radical (unpaired) electrons. The molecule has 0 aliphatic rings. The number of rotatable bonds is 6. The van der Waals surface area contributed by atoms with Gasteiger partial charge in [0, 0.05) is 25.5 Å². The molecule has 0 saturated heterocycles. The van der Waals surface area contributed by atoms with Gasteiger partial charge in [0.1, 0.15) is 5.69 Å². The topological polar surface area (TPSA) is 77.2 Å². The van der Waals surface area contributed by atoms with Crippen molar-refractivity contribution in [2.75, 3.05) is 12.4 Å². The number of hydrogen-bond donors (Lipinski definition) is 2. The molecule has 104 valence electrons. The van der Waals surface area contributed by atoms with E-state index in [0.717, 1.165) is 16.8 Å². The van der Waals surface area contributed by atoms with Crippen molar-refractivity contribution in [3.63, 3.8) is 0 Å². The van der Waals surface area contributed by atoms with Crippen molar-refractivity contribution in [3.05, 3.63) is 59.4 Å². The first kappa shape index (κ1) is 14.0. The Labute approximate surface area is 117 Å². The van der Waals surface area contributed by atoms with E-state index in [1.54, 1.807) is 25.4 Å². The number of hydrogen-bond acceptors (Lipinski definition) is 4. The molecule has 1 aromatic carbocycles. The molecule has 5 nitrogen and oxygen atoms in total. The van der Waals surface area contributed by atoms with E-state index in [1.165, 1.54) is 0 Å². The monoisotopic (exact) mass is 271 g/mol. The standard InChI is InChI=1S/C15H17N3O2/c1-20-10-12-5-3-2-4-11(12)9-18-13-6-7-17-14(8-13)15(16)19/h2-8H,9-10H2,1H3,(H2,16,19)(H,17,18). The fourth-order valence-corrected chi connectivity index (χ4v) is 1.90. The molecule has 5 heteroatoms. The van der Waals surface area contributed by atoms with E-state index in [0.29, 0.717) is 13.2 Å². The number of nitrogens with two attached hydrogens (primary N) is 1. The van der Waals surface area contributed by atoms with Crippen LogP contribution in [0.4, 0.5) is 5.69 Å². The van der Waals surface area contributed by atoms with Gasteiger partial charge in [0.05, 0.1) is 6.61 Å². The Kier molecular flexibility index (Phi) is 4.68. The van der Waals surface area contributed by atoms with Crippen molar-refractivity contribution in [1.82, 2.24) is 4.98 Å². The number of methoxy groups -OCH3 is 1. The van der Waals surface area contributed by atoms with Crippen LogP contribution in [0.1, 0.15) is 21.6 Å². The first-order valence-corrected chi connectivity index (χ1v) is 6.26. The number of ether oxygens (including phenoxy) is 1. The average molecular weight is 271 g/mol. The summed E-state index contributed by atoms with van der Waals surface area (Å²) in [5.41, 5.74) is 8.54. The van der Waals surface area contributed by atoms with Crippen LogP contribution in [0.3, 0.4) is 0 Å². The molecule has 1 amide bonds. The summed E-state index contributed by atoms with van der Waals surface area (Å²) in [6, 6.07) is 11.5. The number of nitrogens with one attached hydrogen (secondary N) is 1. The van der Waals surface area contributed by atoms with Crippen LogP contribution in [0, 0.1) is 0 Å². The molecule has 1 heterocycles. The summed E-state index contributed by atoms with van der Waals surface area (Å²) in [4.78, 5) is 15.0. The number of anilines is 1. The Morgan fingerprint density at radius 3 is 2.75 bits per heavy atom. The molecular formula is C15H17N3O2. The Bertz CT molecular complexity index is 599. The van der Waals surface area contributed by atoms with Crippen LogP contribution in [0.15, 0.2) is 42.6 Å². The number of primary amides is 1. The number of aromatic nitrogens is 1. The molecule has 2 rings (SSSR count). The summed E-state index contributed by atoms with van der Waals surface area (Å²) < 4.78 is 5.17. The van der Waals surface area contributed by atoms with E-state index in [9.17, 15) is 4.79 Å². The van der Waals surface area contributed by atoms with Gasteiger partial charge >= 0.3 is 0 Å². The lowest BCUT2D eigenvalue weighted by molar-refractivity contribution is 0.0995. The number of nitrogens with zero attached hydrogens (tertiary/aromatic N) is 1. The van der Waals surface area contributed by atoms with Gasteiger partial charge in [-0.1, -0.05) is 24.3 Å². The molecule has 0 aliphatic heterocycles. The first-order chi connectivity index (χ1) is 9.70. The smallest absolute Gasteiger partial charge is 0.267 e. The van der Waals surface area contributed by atoms with Gasteiger partial charge in [0.15, 0.2) is 0 Å². The molecule has 1 aromatic heterocycles. The highest BCUT2D eigenvalue weighted by atomic mass is 16.5. The van der Waals surface area contributed by atoms with Gasteiger partial charge in [-0.25, -0.2) is 0 Å². The quantitative estimate of drug-likeness (QED) is 0.841. The highest BCUT2D eigenvalue weighted by molar-refractivity contribution is 5.91. The molecule has 0 unspecified atom stereocenters. The zero-order valence-electron chi connectivity index (χ0n) is 11.3. The van der Waals surface area contributed by atoms with Crippen LogP contribution in [0.5, 0.6) is 0 Å². The van der Waals surface area contributed by atoms with E-state index >= 15 is 0 Å². The number of carbonyl (C=O) groups excluding carboxylic acids is 1. The van der Waals surface area contributed by atoms with Gasteiger partial charge in [0.2, 0.25) is 0 Å². The second kappa shape index (κ2) is 6.68. The summed E-state index contributed by atoms with van der Waals surface area (Å²) in [7, 11) is 1.67. The highest BCUT2D eigenvalue weighted by Crippen LogP contribution is 2.14. The molecule has 0 aliphatic carbocycles. The maximum Gasteiger partial charge on any atom is 0.267 e. The lowest BCUT2D eigenvalue weighted by Crippen LogP contribution is -2.13. The lowest BCUT2D eigenvalue weighted by Gasteiger charge is -2.11. The Balaban J connectivity index is 2.09. The fraction of sp³-hybridized carbons (Fsp3) is 0.200. The van der Waals surface area contributed by atoms with Crippen LogP contribution in [0.2, 0.25) is 0 Å². The van der Waals surface area contributed by atoms with Crippen LogP contribution >= 0.6 is 0 Å². The SMILES string of the molecule is COCc1ccccc1CNc1ccnc(C(N)=O)c1. The number of pyridine rings is 1. The zero-order chi connectivity index (χ0) is 14.4. The molecule has 0 spiro atoms. The molecule has 0 atom stereocenters. The number of carbonyl (C=O) groups is 1. The van der Waals surface area contributed by atoms with E-state index in [2.05, 4.69) is 10.3 Å². The molecule has 0 bridgehead atoms. The lowest BCUT2D eigenvalue weighted by atomic mass is 10.1. The Morgan fingerprint density at radius 1 is 1.30 bits per heavy atom. The predicted molar refractivity (Wildman–Crippen MR) is 77.2 cm³/mol. The minimum absolute atomic E-state index is 0.250. The van der Waals surface area contributed by atoms with E-state index < -0.39 is 5.91 Å². The van der Waals surface area contributed by atoms with Crippen molar-refractivity contribution in [1.29, 1.82) is 0 Å². The van der Waals surface area contributed by atoms with Crippen molar-refractivity contribution < 1.29 is 9.53 Å². The molecular weight excluding hydrogens is 254 g/mol. The Morgan fingerprint density at radius 2 is 2.05 bits per heavy atom. The van der Waals surface area contributed by atoms with Crippen LogP contribution in [-0.2, 0) is 17.9 Å². The third kappa shape index (κ3) is 3.55. The van der Waals surface area contributed by atoms with Crippen molar-refractivity contribution >= 4 is 11.6 Å². The molecule has 20 heavy (non-hydrogen) atoms. The second-order valence-electron chi connectivity index (χ2n) is 4.35. The molecule has 0 fully saturated rings. The van der Waals surface area contributed by atoms with Gasteiger partial charge in [-0.05, 0) is 23.3 Å². The van der Waals surface area contributed by atoms with E-state index in [-0.39, 0.29) is 5.69 Å². The minimum atomic E-state index is -0.534. The highest BCUT2D eigenvalue weighted by Gasteiger charge is 2.04. The summed E-state index contributed by atoms with van der Waals surface area (Å²) in [6.45, 7) is 1.21. The normalized spacial score (nSPS) is 10.2. The van der Waals surface area contributed by atoms with Crippen LogP contribution < -0.4 is 11.1 Å². The van der Waals surface area contributed by atoms with Gasteiger partial charge in [-0.2, -0.15) is 0 Å². The minimum Gasteiger partial charge on any atom is -0.381 e. The van der Waals surface area contributed by atoms with Crippen molar-refractivity contribution in [2.45, 2.75) is 13.2 Å². The third-order valence-corrected chi connectivity index (χ3v) is 2.91. The average Bonchev–Trinajstić information content (AvgIpc) is 2.47. The number of amides is 1. The van der Waals surface area contributed by atoms with E-state index in [4.69, 9.17) is 10.5 Å². The first-order valence-electron chi connectivity index (χ1n) is 6.26. The van der Waals surface area contributed by atoms with Gasteiger partial charge in [-0.3, -0.25) is 9.78 Å². The number of benzene rings is 1. The molecule has 0 saturated carbocycles. The summed E-state index contributed by atoms with van der Waals surface area (Å²) in [6.07, 6.45) is 1.56. The maximum atomic E-state index is 11.1. The van der Waals surface area contributed by atoms with E-state index in [1.807, 2.05) is 24.3 Å². The van der Waals surface area contributed by atoms with Gasteiger partial charge < -0.3 is 15.8 Å². The molecule has 3 N–H and O–H groups in total. The fourth-order valence-electron chi connectivity index (χ4n) is 1.90. The second-order valence-corrected chi connectivity index (χ2v) is 4.35. The van der Waals surface area contributed by atoms with Crippen LogP contribution in [-0.4, -0.2) is 18.0 Å².